The summed E-state index contributed by atoms with van der Waals surface area (Å²) in [6.45, 7) is 4.28. The normalized spacial score (nSPS) is 21.0. The molecule has 5 heteroatoms. The fourth-order valence-electron chi connectivity index (χ4n) is 2.68. The van der Waals surface area contributed by atoms with Crippen LogP contribution in [-0.2, 0) is 4.79 Å². The quantitative estimate of drug-likeness (QED) is 0.786. The molecule has 2 fully saturated rings. The van der Waals surface area contributed by atoms with Crippen LogP contribution in [0.3, 0.4) is 0 Å². The van der Waals surface area contributed by atoms with E-state index in [1.54, 1.807) is 0 Å². The molecule has 0 aliphatic carbocycles. The summed E-state index contributed by atoms with van der Waals surface area (Å²) < 4.78 is 0. The SMILES string of the molecule is Cc1cc(N2CCCC2)ccc1/C=C1/SC(=O)N(C)C1=O. The number of benzene rings is 1. The number of carbonyl (C=O) groups excluding carboxylic acids is 2. The molecule has 2 aliphatic rings. The number of amides is 2. The number of carbonyl (C=O) groups is 2. The second kappa shape index (κ2) is 5.56. The molecule has 0 bridgehead atoms. The maximum atomic E-state index is 11.9. The monoisotopic (exact) mass is 302 g/mol. The van der Waals surface area contributed by atoms with E-state index in [-0.39, 0.29) is 11.1 Å². The van der Waals surface area contributed by atoms with Crippen molar-refractivity contribution in [2.24, 2.45) is 0 Å². The largest absolute Gasteiger partial charge is 0.372 e. The van der Waals surface area contributed by atoms with Crippen LogP contribution in [0.1, 0.15) is 24.0 Å². The van der Waals surface area contributed by atoms with Crippen molar-refractivity contribution in [3.63, 3.8) is 0 Å². The van der Waals surface area contributed by atoms with Gasteiger partial charge in [-0.25, -0.2) is 0 Å². The Morgan fingerprint density at radius 3 is 2.48 bits per heavy atom. The number of nitrogens with zero attached hydrogens (tertiary/aromatic N) is 2. The molecule has 1 aromatic carbocycles. The summed E-state index contributed by atoms with van der Waals surface area (Å²) in [7, 11) is 1.52. The highest BCUT2D eigenvalue weighted by Crippen LogP contribution is 2.32. The van der Waals surface area contributed by atoms with Crippen LogP contribution in [0.4, 0.5) is 10.5 Å². The predicted octanol–water partition coefficient (Wildman–Crippen LogP) is 3.26. The molecule has 2 heterocycles. The summed E-state index contributed by atoms with van der Waals surface area (Å²) in [4.78, 5) is 27.5. The number of aryl methyl sites for hydroxylation is 1. The van der Waals surface area contributed by atoms with Crippen LogP contribution in [0.25, 0.3) is 6.08 Å². The Morgan fingerprint density at radius 2 is 1.90 bits per heavy atom. The molecule has 0 spiro atoms. The number of hydrogen-bond donors (Lipinski definition) is 0. The third-order valence-corrected chi connectivity index (χ3v) is 4.96. The Kier molecular flexibility index (Phi) is 3.76. The van der Waals surface area contributed by atoms with Crippen LogP contribution < -0.4 is 4.90 Å². The zero-order valence-electron chi connectivity index (χ0n) is 12.3. The molecule has 0 atom stereocenters. The van der Waals surface area contributed by atoms with Gasteiger partial charge in [-0.3, -0.25) is 14.5 Å². The van der Waals surface area contributed by atoms with E-state index in [0.717, 1.165) is 40.9 Å². The molecule has 2 amide bonds. The second-order valence-electron chi connectivity index (χ2n) is 5.48. The number of hydrogen-bond acceptors (Lipinski definition) is 4. The van der Waals surface area contributed by atoms with Gasteiger partial charge >= 0.3 is 0 Å². The Hall–Kier alpha value is -1.75. The van der Waals surface area contributed by atoms with Gasteiger partial charge in [-0.2, -0.15) is 0 Å². The van der Waals surface area contributed by atoms with Crippen molar-refractivity contribution in [1.82, 2.24) is 4.90 Å². The molecule has 1 aromatic rings. The van der Waals surface area contributed by atoms with E-state index in [2.05, 4.69) is 17.0 Å². The topological polar surface area (TPSA) is 40.6 Å². The van der Waals surface area contributed by atoms with Gasteiger partial charge in [0.1, 0.15) is 0 Å². The van der Waals surface area contributed by atoms with Crippen molar-refractivity contribution in [2.45, 2.75) is 19.8 Å². The number of imide groups is 1. The summed E-state index contributed by atoms with van der Waals surface area (Å²) >= 11 is 1.00. The summed E-state index contributed by atoms with van der Waals surface area (Å²) in [6.07, 6.45) is 4.33. The molecular formula is C16H18N2O2S. The summed E-state index contributed by atoms with van der Waals surface area (Å²) in [5.74, 6) is -0.215. The van der Waals surface area contributed by atoms with Crippen LogP contribution in [0.2, 0.25) is 0 Å². The second-order valence-corrected chi connectivity index (χ2v) is 6.47. The minimum atomic E-state index is -0.215. The Balaban J connectivity index is 1.86. The van der Waals surface area contributed by atoms with Crippen LogP contribution in [0, 0.1) is 6.92 Å². The van der Waals surface area contributed by atoms with Crippen molar-refractivity contribution < 1.29 is 9.59 Å². The molecule has 3 rings (SSSR count). The lowest BCUT2D eigenvalue weighted by Crippen LogP contribution is -2.22. The first-order valence-corrected chi connectivity index (χ1v) is 7.95. The highest BCUT2D eigenvalue weighted by Gasteiger charge is 2.31. The van der Waals surface area contributed by atoms with Gasteiger partial charge in [0.2, 0.25) is 0 Å². The lowest BCUT2D eigenvalue weighted by Gasteiger charge is -2.18. The summed E-state index contributed by atoms with van der Waals surface area (Å²) in [6, 6.07) is 6.29. The van der Waals surface area contributed by atoms with E-state index in [1.165, 1.54) is 25.6 Å². The molecule has 21 heavy (non-hydrogen) atoms. The lowest BCUT2D eigenvalue weighted by molar-refractivity contribution is -0.121. The fraction of sp³-hybridized carbons (Fsp3) is 0.375. The third-order valence-electron chi connectivity index (χ3n) is 4.00. The number of rotatable bonds is 2. The first-order chi connectivity index (χ1) is 10.1. The van der Waals surface area contributed by atoms with E-state index in [0.29, 0.717) is 4.91 Å². The van der Waals surface area contributed by atoms with Crippen LogP contribution in [-0.4, -0.2) is 36.2 Å². The van der Waals surface area contributed by atoms with Gasteiger partial charge < -0.3 is 4.90 Å². The summed E-state index contributed by atoms with van der Waals surface area (Å²) in [5, 5.41) is -0.211. The first kappa shape index (κ1) is 14.2. The lowest BCUT2D eigenvalue weighted by atomic mass is 10.1. The predicted molar refractivity (Wildman–Crippen MR) is 86.4 cm³/mol. The minimum Gasteiger partial charge on any atom is -0.372 e. The van der Waals surface area contributed by atoms with E-state index < -0.39 is 0 Å². The minimum absolute atomic E-state index is 0.211. The van der Waals surface area contributed by atoms with E-state index in [1.807, 2.05) is 19.1 Å². The average Bonchev–Trinajstić information content (AvgIpc) is 3.07. The van der Waals surface area contributed by atoms with Crippen molar-refractivity contribution in [1.29, 1.82) is 0 Å². The average molecular weight is 302 g/mol. The van der Waals surface area contributed by atoms with Gasteiger partial charge in [-0.1, -0.05) is 6.07 Å². The van der Waals surface area contributed by atoms with Gasteiger partial charge in [-0.05, 0) is 60.9 Å². The maximum absolute atomic E-state index is 11.9. The van der Waals surface area contributed by atoms with E-state index >= 15 is 0 Å². The zero-order valence-corrected chi connectivity index (χ0v) is 13.1. The van der Waals surface area contributed by atoms with Crippen LogP contribution in [0.5, 0.6) is 0 Å². The van der Waals surface area contributed by atoms with Crippen molar-refractivity contribution in [2.75, 3.05) is 25.0 Å². The highest BCUT2D eigenvalue weighted by molar-refractivity contribution is 8.18. The maximum Gasteiger partial charge on any atom is 0.293 e. The van der Waals surface area contributed by atoms with Crippen molar-refractivity contribution >= 4 is 34.7 Å². The molecule has 2 saturated heterocycles. The third kappa shape index (κ3) is 2.70. The molecule has 110 valence electrons. The molecule has 2 aliphatic heterocycles. The molecule has 4 nitrogen and oxygen atoms in total. The molecular weight excluding hydrogens is 284 g/mol. The van der Waals surface area contributed by atoms with Gasteiger partial charge in [0.05, 0.1) is 4.91 Å². The van der Waals surface area contributed by atoms with Crippen LogP contribution in [0.15, 0.2) is 23.1 Å². The highest BCUT2D eigenvalue weighted by atomic mass is 32.2. The molecule has 0 N–H and O–H groups in total. The standard InChI is InChI=1S/C16H18N2O2S/c1-11-9-13(18-7-3-4-8-18)6-5-12(11)10-14-15(19)17(2)16(20)21-14/h5-6,9-10H,3-4,7-8H2,1-2H3/b14-10+. The van der Waals surface area contributed by atoms with Gasteiger partial charge in [0.25, 0.3) is 11.1 Å². The first-order valence-electron chi connectivity index (χ1n) is 7.13. The Bertz CT molecular complexity index is 633. The smallest absolute Gasteiger partial charge is 0.293 e. The fourth-order valence-corrected chi connectivity index (χ4v) is 3.50. The Morgan fingerprint density at radius 1 is 1.19 bits per heavy atom. The van der Waals surface area contributed by atoms with Gasteiger partial charge in [-0.15, -0.1) is 0 Å². The number of likely N-dealkylation sites (N-methyl/N-ethyl adjacent to an activating group) is 1. The van der Waals surface area contributed by atoms with Gasteiger partial charge in [0.15, 0.2) is 0 Å². The molecule has 0 radical (unpaired) electrons. The number of thioether (sulfide) groups is 1. The molecule has 0 unspecified atom stereocenters. The van der Waals surface area contributed by atoms with Crippen molar-refractivity contribution in [3.8, 4) is 0 Å². The Labute approximate surface area is 128 Å². The van der Waals surface area contributed by atoms with E-state index in [9.17, 15) is 9.59 Å². The zero-order chi connectivity index (χ0) is 15.0. The molecule has 0 aromatic heterocycles. The molecule has 0 saturated carbocycles. The van der Waals surface area contributed by atoms with E-state index in [4.69, 9.17) is 0 Å². The van der Waals surface area contributed by atoms with Crippen molar-refractivity contribution in [3.05, 3.63) is 34.2 Å². The van der Waals surface area contributed by atoms with Gasteiger partial charge in [0, 0.05) is 25.8 Å². The van der Waals surface area contributed by atoms with Crippen LogP contribution >= 0.6 is 11.8 Å². The summed E-state index contributed by atoms with van der Waals surface area (Å²) in [5.41, 5.74) is 3.37. The number of anilines is 1.